The number of thioether (sulfide) groups is 1. The zero-order chi connectivity index (χ0) is 22.7. The average molecular weight is 501 g/mol. The number of Topliss-reactive ketones (excluding diaryl/α,β-unsaturated/α-hetero) is 2. The summed E-state index contributed by atoms with van der Waals surface area (Å²) in [5, 5.41) is 21.8. The van der Waals surface area contributed by atoms with E-state index in [0.29, 0.717) is 0 Å². The van der Waals surface area contributed by atoms with Crippen LogP contribution in [0.3, 0.4) is 0 Å². The molecule has 4 aliphatic heterocycles. The molecule has 4 saturated heterocycles. The van der Waals surface area contributed by atoms with Gasteiger partial charge in [0.05, 0.1) is 29.5 Å². The number of rotatable bonds is 2. The van der Waals surface area contributed by atoms with Crippen LogP contribution in [0.1, 0.15) is 25.7 Å². The number of ketones is 2. The zero-order valence-electron chi connectivity index (χ0n) is 17.5. The molecule has 0 unspecified atom stereocenters. The first-order chi connectivity index (χ1) is 15.2. The molecule has 32 heavy (non-hydrogen) atoms. The van der Waals surface area contributed by atoms with Gasteiger partial charge in [0.15, 0.2) is 9.74 Å². The highest BCUT2D eigenvalue weighted by Gasteiger charge is 2.77. The smallest absolute Gasteiger partial charge is 0.261 e. The van der Waals surface area contributed by atoms with E-state index < -0.39 is 52.0 Å². The summed E-state index contributed by atoms with van der Waals surface area (Å²) < 4.78 is 5.35. The standard InChI is InChI=1S/C20H24N2O7S3/c1-29-11-3-9(23)7-5-19(30-2)17(27)22-14-8-6-20(22,18(28)21(19)13(7)15(11)25)32-31-12(16(14)26)4-10(8)24/h7-8,11-16,25-26H,3-6H2,1-2H3/t7-,8-,11-,12-,13-,14-,15-,16-,19+,20+/m0/s1. The van der Waals surface area contributed by atoms with Crippen molar-refractivity contribution in [3.05, 3.63) is 0 Å². The summed E-state index contributed by atoms with van der Waals surface area (Å²) in [6, 6.07) is -1.59. The molecule has 12 heteroatoms. The van der Waals surface area contributed by atoms with Gasteiger partial charge >= 0.3 is 0 Å². The van der Waals surface area contributed by atoms with Gasteiger partial charge in [0.25, 0.3) is 11.8 Å². The van der Waals surface area contributed by atoms with Gasteiger partial charge in [0.1, 0.15) is 17.7 Å². The normalized spacial score (nSPS) is 51.6. The predicted molar refractivity (Wildman–Crippen MR) is 117 cm³/mol. The number of aliphatic hydroxyl groups excluding tert-OH is 2. The molecule has 0 aromatic carbocycles. The quantitative estimate of drug-likeness (QED) is 0.486. The molecule has 2 saturated carbocycles. The van der Waals surface area contributed by atoms with Crippen LogP contribution in [0.15, 0.2) is 0 Å². The zero-order valence-corrected chi connectivity index (χ0v) is 20.0. The maximum atomic E-state index is 14.3. The van der Waals surface area contributed by atoms with Crippen LogP contribution < -0.4 is 0 Å². The molecule has 6 rings (SSSR count). The molecule has 6 fully saturated rings. The minimum Gasteiger partial charge on any atom is -0.390 e. The Balaban J connectivity index is 1.52. The van der Waals surface area contributed by atoms with Crippen molar-refractivity contribution >= 4 is 56.7 Å². The molecular weight excluding hydrogens is 476 g/mol. The number of hydrogen-bond donors (Lipinski definition) is 2. The van der Waals surface area contributed by atoms with E-state index in [1.54, 1.807) is 6.26 Å². The Kier molecular flexibility index (Phi) is 4.67. The Morgan fingerprint density at radius 2 is 1.62 bits per heavy atom. The van der Waals surface area contributed by atoms with Crippen molar-refractivity contribution < 1.29 is 34.1 Å². The van der Waals surface area contributed by atoms with E-state index in [0.717, 1.165) is 0 Å². The van der Waals surface area contributed by atoms with Gasteiger partial charge in [-0.15, -0.1) is 11.8 Å². The molecule has 2 amide bonds. The fraction of sp³-hybridized carbons (Fsp3) is 0.800. The lowest BCUT2D eigenvalue weighted by Gasteiger charge is -2.54. The summed E-state index contributed by atoms with van der Waals surface area (Å²) in [4.78, 5) is 54.6. The summed E-state index contributed by atoms with van der Waals surface area (Å²) in [6.45, 7) is 0. The van der Waals surface area contributed by atoms with Gasteiger partial charge in [-0.3, -0.25) is 19.2 Å². The predicted octanol–water partition coefficient (Wildman–Crippen LogP) is -0.364. The highest BCUT2D eigenvalue weighted by molar-refractivity contribution is 8.77. The topological polar surface area (TPSA) is 124 Å². The van der Waals surface area contributed by atoms with Crippen molar-refractivity contribution in [3.8, 4) is 0 Å². The first kappa shape index (κ1) is 21.7. The van der Waals surface area contributed by atoms with Gasteiger partial charge in [-0.25, -0.2) is 0 Å². The van der Waals surface area contributed by atoms with Crippen LogP contribution in [0.25, 0.3) is 0 Å². The van der Waals surface area contributed by atoms with Gasteiger partial charge in [-0.2, -0.15) is 0 Å². The summed E-state index contributed by atoms with van der Waals surface area (Å²) in [7, 11) is 3.98. The average Bonchev–Trinajstić information content (AvgIpc) is 3.30. The number of carbonyl (C=O) groups is 4. The van der Waals surface area contributed by atoms with Gasteiger partial charge in [0, 0.05) is 44.6 Å². The number of methoxy groups -OCH3 is 1. The molecule has 6 aliphatic rings. The van der Waals surface area contributed by atoms with Crippen molar-refractivity contribution in [2.24, 2.45) is 11.8 Å². The van der Waals surface area contributed by atoms with Crippen LogP contribution in [0.2, 0.25) is 0 Å². The van der Waals surface area contributed by atoms with Crippen LogP contribution in [0.5, 0.6) is 0 Å². The number of aliphatic hydroxyl groups is 2. The number of piperazine rings is 1. The van der Waals surface area contributed by atoms with E-state index >= 15 is 0 Å². The van der Waals surface area contributed by atoms with E-state index in [2.05, 4.69) is 0 Å². The highest BCUT2D eigenvalue weighted by Crippen LogP contribution is 2.65. The molecule has 174 valence electrons. The number of nitrogens with zero attached hydrogens (tertiary/aromatic N) is 2. The van der Waals surface area contributed by atoms with Gasteiger partial charge < -0.3 is 24.7 Å². The molecule has 2 aliphatic carbocycles. The molecule has 2 N–H and O–H groups in total. The molecule has 0 radical (unpaired) electrons. The third-order valence-electron chi connectivity index (χ3n) is 8.34. The Morgan fingerprint density at radius 3 is 2.31 bits per heavy atom. The number of carbonyl (C=O) groups excluding carboxylic acids is 4. The lowest BCUT2D eigenvalue weighted by atomic mass is 9.79. The van der Waals surface area contributed by atoms with Crippen molar-refractivity contribution in [2.45, 2.75) is 71.1 Å². The molecule has 4 heterocycles. The van der Waals surface area contributed by atoms with Crippen LogP contribution in [0, 0.1) is 11.8 Å². The second-order valence-electron chi connectivity index (χ2n) is 9.54. The lowest BCUT2D eigenvalue weighted by molar-refractivity contribution is -0.173. The van der Waals surface area contributed by atoms with Gasteiger partial charge in [-0.05, 0) is 6.26 Å². The first-order valence-corrected chi connectivity index (χ1v) is 14.2. The molecule has 0 aromatic rings. The largest absolute Gasteiger partial charge is 0.390 e. The van der Waals surface area contributed by atoms with E-state index in [1.807, 2.05) is 0 Å². The van der Waals surface area contributed by atoms with Crippen molar-refractivity contribution in [1.29, 1.82) is 0 Å². The van der Waals surface area contributed by atoms with Crippen molar-refractivity contribution in [1.82, 2.24) is 9.80 Å². The van der Waals surface area contributed by atoms with Crippen LogP contribution in [0.4, 0.5) is 0 Å². The number of fused-ring (bicyclic) bond motifs is 4. The fourth-order valence-electron chi connectivity index (χ4n) is 6.84. The van der Waals surface area contributed by atoms with Crippen LogP contribution in [-0.4, -0.2) is 102 Å². The SMILES string of the molecule is CO[C@H]1CC(=O)[C@@H]2C[C@@]3(SC)C(=O)N4[C@@H]5[C@@H](O)[C@@H]6CC(=O)[C@@H]5C[C@@]4(SS6)C(=O)N3[C@@H]2[C@H]1O. The minimum absolute atomic E-state index is 0.0176. The van der Waals surface area contributed by atoms with Crippen molar-refractivity contribution in [2.75, 3.05) is 13.4 Å². The Bertz CT molecular complexity index is 950. The Morgan fingerprint density at radius 1 is 0.969 bits per heavy atom. The summed E-state index contributed by atoms with van der Waals surface area (Å²) in [6.07, 6.45) is -0.463. The number of amides is 2. The van der Waals surface area contributed by atoms with Crippen LogP contribution >= 0.6 is 33.3 Å². The van der Waals surface area contributed by atoms with Gasteiger partial charge in [0.2, 0.25) is 0 Å². The lowest BCUT2D eigenvalue weighted by Crippen LogP contribution is -2.75. The third kappa shape index (κ3) is 2.31. The van der Waals surface area contributed by atoms with E-state index in [-0.39, 0.29) is 54.3 Å². The molecular formula is C20H24N2O7S3. The van der Waals surface area contributed by atoms with Crippen LogP contribution in [-0.2, 0) is 23.9 Å². The molecule has 3 bridgehead atoms. The Labute approximate surface area is 196 Å². The van der Waals surface area contributed by atoms with Crippen molar-refractivity contribution in [3.63, 3.8) is 0 Å². The third-order valence-corrected chi connectivity index (χ3v) is 13.0. The van der Waals surface area contributed by atoms with E-state index in [1.165, 1.54) is 50.3 Å². The molecule has 0 spiro atoms. The summed E-state index contributed by atoms with van der Waals surface area (Å²) in [5.74, 6) is -2.07. The summed E-state index contributed by atoms with van der Waals surface area (Å²) >= 11 is 1.19. The Hall–Kier alpha value is -0.790. The first-order valence-electron chi connectivity index (χ1n) is 10.7. The molecule has 10 atom stereocenters. The maximum absolute atomic E-state index is 14.3. The molecule has 0 aromatic heterocycles. The van der Waals surface area contributed by atoms with Gasteiger partial charge in [-0.1, -0.05) is 21.6 Å². The number of ether oxygens (including phenoxy) is 1. The highest BCUT2D eigenvalue weighted by atomic mass is 33.1. The second-order valence-corrected chi connectivity index (χ2v) is 13.3. The van der Waals surface area contributed by atoms with E-state index in [4.69, 9.17) is 4.74 Å². The second kappa shape index (κ2) is 6.88. The summed E-state index contributed by atoms with van der Waals surface area (Å²) in [5.41, 5.74) is 0. The van der Waals surface area contributed by atoms with E-state index in [9.17, 15) is 29.4 Å². The fourth-order valence-corrected chi connectivity index (χ4v) is 11.4. The number of hydrogen-bond acceptors (Lipinski definition) is 10. The molecule has 9 nitrogen and oxygen atoms in total. The minimum atomic E-state index is -1.35. The monoisotopic (exact) mass is 500 g/mol. The maximum Gasteiger partial charge on any atom is 0.261 e.